The van der Waals surface area contributed by atoms with Crippen molar-refractivity contribution in [3.63, 3.8) is 0 Å². The molecule has 104 valence electrons. The molecule has 1 aromatic rings. The minimum absolute atomic E-state index is 0.0769. The number of aliphatic hydroxyl groups excluding tert-OH is 1. The Balaban J connectivity index is 2.57. The van der Waals surface area contributed by atoms with Crippen molar-refractivity contribution in [1.29, 1.82) is 0 Å². The van der Waals surface area contributed by atoms with Crippen LogP contribution >= 0.6 is 11.8 Å². The molecule has 0 spiro atoms. The summed E-state index contributed by atoms with van der Waals surface area (Å²) in [6.07, 6.45) is 1.92. The average Bonchev–Trinajstić information content (AvgIpc) is 2.76. The van der Waals surface area contributed by atoms with Crippen molar-refractivity contribution in [2.75, 3.05) is 12.9 Å². The third kappa shape index (κ3) is 4.29. The highest BCUT2D eigenvalue weighted by Crippen LogP contribution is 2.14. The minimum atomic E-state index is -3.78. The lowest BCUT2D eigenvalue weighted by molar-refractivity contribution is 0.273. The van der Waals surface area contributed by atoms with Gasteiger partial charge in [-0.25, -0.2) is 13.6 Å². The van der Waals surface area contributed by atoms with E-state index in [-0.39, 0.29) is 23.0 Å². The van der Waals surface area contributed by atoms with Crippen molar-refractivity contribution >= 4 is 21.8 Å². The maximum absolute atomic E-state index is 11.0. The van der Waals surface area contributed by atoms with Crippen molar-refractivity contribution in [3.8, 4) is 0 Å². The Bertz CT molecular complexity index is 468. The van der Waals surface area contributed by atoms with Crippen LogP contribution in [0.1, 0.15) is 12.7 Å². The summed E-state index contributed by atoms with van der Waals surface area (Å²) in [4.78, 5) is 0. The second-order valence-corrected chi connectivity index (χ2v) is 6.46. The van der Waals surface area contributed by atoms with Gasteiger partial charge in [0.05, 0.1) is 13.2 Å². The van der Waals surface area contributed by atoms with E-state index in [4.69, 9.17) is 14.7 Å². The van der Waals surface area contributed by atoms with Crippen LogP contribution in [0.5, 0.6) is 0 Å². The molecule has 18 heavy (non-hydrogen) atoms. The molecule has 2 unspecified atom stereocenters. The van der Waals surface area contributed by atoms with E-state index in [0.717, 1.165) is 0 Å². The highest BCUT2D eigenvalue weighted by molar-refractivity contribution is 7.99. The van der Waals surface area contributed by atoms with Crippen LogP contribution in [0.3, 0.4) is 0 Å². The van der Waals surface area contributed by atoms with Crippen molar-refractivity contribution < 1.29 is 17.9 Å². The number of hydrogen-bond acceptors (Lipinski definition) is 6. The molecule has 0 aliphatic carbocycles. The van der Waals surface area contributed by atoms with Crippen LogP contribution in [-0.2, 0) is 16.6 Å². The zero-order valence-corrected chi connectivity index (χ0v) is 11.9. The molecule has 0 saturated heterocycles. The standard InChI is InChI=1S/C10H18N2O4S2/c1-7(9(6-13)17-2)12-5-8-3-4-10(16-8)18(11,14)15/h3-4,7,9,12-13H,5-6H2,1-2H3,(H2,11,14,15). The van der Waals surface area contributed by atoms with E-state index < -0.39 is 10.0 Å². The summed E-state index contributed by atoms with van der Waals surface area (Å²) in [6.45, 7) is 2.41. The molecule has 4 N–H and O–H groups in total. The summed E-state index contributed by atoms with van der Waals surface area (Å²) in [7, 11) is -3.78. The third-order valence-electron chi connectivity index (χ3n) is 2.56. The number of hydrogen-bond donors (Lipinski definition) is 3. The Morgan fingerprint density at radius 3 is 2.67 bits per heavy atom. The smallest absolute Gasteiger partial charge is 0.271 e. The number of nitrogens with two attached hydrogens (primary N) is 1. The van der Waals surface area contributed by atoms with Gasteiger partial charge in [-0.05, 0) is 25.3 Å². The fraction of sp³-hybridized carbons (Fsp3) is 0.600. The van der Waals surface area contributed by atoms with Crippen molar-refractivity contribution in [1.82, 2.24) is 5.32 Å². The molecule has 2 atom stereocenters. The van der Waals surface area contributed by atoms with Gasteiger partial charge >= 0.3 is 0 Å². The maximum Gasteiger partial charge on any atom is 0.271 e. The lowest BCUT2D eigenvalue weighted by Gasteiger charge is -2.20. The van der Waals surface area contributed by atoms with E-state index in [1.54, 1.807) is 17.8 Å². The molecule has 0 fully saturated rings. The molecule has 1 rings (SSSR count). The molecule has 0 amide bonds. The zero-order valence-electron chi connectivity index (χ0n) is 10.3. The van der Waals surface area contributed by atoms with Gasteiger partial charge in [0.25, 0.3) is 10.0 Å². The summed E-state index contributed by atoms with van der Waals surface area (Å²) >= 11 is 1.56. The number of rotatable bonds is 7. The van der Waals surface area contributed by atoms with Crippen LogP contribution in [0.15, 0.2) is 21.6 Å². The predicted molar refractivity (Wildman–Crippen MR) is 70.8 cm³/mol. The van der Waals surface area contributed by atoms with Crippen molar-refractivity contribution in [2.45, 2.75) is 29.9 Å². The second-order valence-electron chi connectivity index (χ2n) is 3.89. The Morgan fingerprint density at radius 1 is 1.56 bits per heavy atom. The molecule has 1 aromatic heterocycles. The Hall–Kier alpha value is -0.540. The molecule has 0 aliphatic rings. The fourth-order valence-corrected chi connectivity index (χ4v) is 2.57. The highest BCUT2D eigenvalue weighted by atomic mass is 32.2. The van der Waals surface area contributed by atoms with Crippen molar-refractivity contribution in [2.24, 2.45) is 5.14 Å². The fourth-order valence-electron chi connectivity index (χ4n) is 1.44. The summed E-state index contributed by atoms with van der Waals surface area (Å²) in [5, 5.41) is 17.1. The number of nitrogens with one attached hydrogen (secondary N) is 1. The van der Waals surface area contributed by atoms with Gasteiger partial charge in [-0.1, -0.05) is 0 Å². The maximum atomic E-state index is 11.0. The topological polar surface area (TPSA) is 106 Å². The van der Waals surface area contributed by atoms with E-state index >= 15 is 0 Å². The number of sulfonamides is 1. The molecular weight excluding hydrogens is 276 g/mol. The van der Waals surface area contributed by atoms with Gasteiger partial charge in [-0.15, -0.1) is 0 Å². The normalized spacial score (nSPS) is 15.6. The van der Waals surface area contributed by atoms with E-state index in [2.05, 4.69) is 5.32 Å². The zero-order chi connectivity index (χ0) is 13.8. The van der Waals surface area contributed by atoms with Crippen LogP contribution in [0.2, 0.25) is 0 Å². The van der Waals surface area contributed by atoms with Crippen molar-refractivity contribution in [3.05, 3.63) is 17.9 Å². The lowest BCUT2D eigenvalue weighted by atomic mass is 10.2. The quantitative estimate of drug-likeness (QED) is 0.660. The molecule has 8 heteroatoms. The molecule has 6 nitrogen and oxygen atoms in total. The summed E-state index contributed by atoms with van der Waals surface area (Å²) in [5.41, 5.74) is 0. The lowest BCUT2D eigenvalue weighted by Crippen LogP contribution is -2.36. The molecule has 0 aromatic carbocycles. The number of furan rings is 1. The molecular formula is C10H18N2O4S2. The van der Waals surface area contributed by atoms with Crippen LogP contribution in [0.4, 0.5) is 0 Å². The Morgan fingerprint density at radius 2 is 2.22 bits per heavy atom. The molecule has 0 saturated carbocycles. The number of aliphatic hydroxyl groups is 1. The van der Waals surface area contributed by atoms with Crippen LogP contribution in [-0.4, -0.2) is 37.7 Å². The van der Waals surface area contributed by atoms with E-state index in [1.807, 2.05) is 13.2 Å². The van der Waals surface area contributed by atoms with Gasteiger partial charge in [-0.3, -0.25) is 0 Å². The average molecular weight is 294 g/mol. The van der Waals surface area contributed by atoms with Crippen LogP contribution in [0, 0.1) is 0 Å². The SMILES string of the molecule is CSC(CO)C(C)NCc1ccc(S(N)(=O)=O)o1. The second kappa shape index (κ2) is 6.58. The predicted octanol–water partition coefficient (Wildman–Crippen LogP) is 0.129. The van der Waals surface area contributed by atoms with Gasteiger partial charge in [0.2, 0.25) is 5.09 Å². The first-order chi connectivity index (χ1) is 8.38. The van der Waals surface area contributed by atoms with E-state index in [1.165, 1.54) is 6.07 Å². The van der Waals surface area contributed by atoms with Gasteiger partial charge in [0.1, 0.15) is 5.76 Å². The summed E-state index contributed by atoms with van der Waals surface area (Å²) in [5.74, 6) is 0.490. The molecule has 0 aliphatic heterocycles. The highest BCUT2D eigenvalue weighted by Gasteiger charge is 2.16. The van der Waals surface area contributed by atoms with Gasteiger partial charge < -0.3 is 14.8 Å². The number of primary sulfonamides is 1. The van der Waals surface area contributed by atoms with Crippen LogP contribution < -0.4 is 10.5 Å². The molecule has 1 heterocycles. The van der Waals surface area contributed by atoms with Crippen LogP contribution in [0.25, 0.3) is 0 Å². The molecule has 0 bridgehead atoms. The summed E-state index contributed by atoms with van der Waals surface area (Å²) in [6, 6.07) is 2.97. The van der Waals surface area contributed by atoms with Gasteiger partial charge in [0.15, 0.2) is 0 Å². The first-order valence-electron chi connectivity index (χ1n) is 5.37. The number of thioether (sulfide) groups is 1. The Kier molecular flexibility index (Phi) is 5.67. The third-order valence-corrected chi connectivity index (χ3v) is 4.50. The first-order valence-corrected chi connectivity index (χ1v) is 8.20. The van der Waals surface area contributed by atoms with Gasteiger partial charge in [-0.2, -0.15) is 11.8 Å². The Labute approximate surface area is 111 Å². The van der Waals surface area contributed by atoms with Gasteiger partial charge in [0, 0.05) is 11.3 Å². The minimum Gasteiger partial charge on any atom is -0.447 e. The first kappa shape index (κ1) is 15.5. The molecule has 0 radical (unpaired) electrons. The largest absolute Gasteiger partial charge is 0.447 e. The van der Waals surface area contributed by atoms with E-state index in [9.17, 15) is 8.42 Å². The summed E-state index contributed by atoms with van der Waals surface area (Å²) < 4.78 is 27.1. The monoisotopic (exact) mass is 294 g/mol. The van der Waals surface area contributed by atoms with E-state index in [0.29, 0.717) is 12.3 Å².